The topological polar surface area (TPSA) is 99.6 Å². The van der Waals surface area contributed by atoms with Crippen LogP contribution in [0.4, 0.5) is 5.82 Å². The van der Waals surface area contributed by atoms with Crippen LogP contribution in [0, 0.1) is 23.7 Å². The van der Waals surface area contributed by atoms with Gasteiger partial charge in [0.25, 0.3) is 0 Å². The van der Waals surface area contributed by atoms with Crippen LogP contribution in [0.3, 0.4) is 0 Å². The highest BCUT2D eigenvalue weighted by atomic mass is 16.3. The molecule has 1 saturated carbocycles. The number of nitrogens with one attached hydrogen (secondary N) is 1. The Morgan fingerprint density at radius 3 is 2.54 bits per heavy atom. The minimum Gasteiger partial charge on any atom is -0.504 e. The molecule has 1 aliphatic heterocycles. The quantitative estimate of drug-likeness (QED) is 0.633. The maximum atomic E-state index is 12.5. The summed E-state index contributed by atoms with van der Waals surface area (Å²) in [5.74, 6) is -0.919. The molecule has 2 fully saturated rings. The van der Waals surface area contributed by atoms with Crippen molar-refractivity contribution in [3.05, 3.63) is 30.5 Å². The van der Waals surface area contributed by atoms with Gasteiger partial charge in [-0.2, -0.15) is 0 Å². The lowest BCUT2D eigenvalue weighted by Crippen LogP contribution is -2.35. The molecule has 2 N–H and O–H groups in total. The van der Waals surface area contributed by atoms with Gasteiger partial charge in [0.1, 0.15) is 0 Å². The molecule has 124 valence electrons. The van der Waals surface area contributed by atoms with E-state index in [4.69, 9.17) is 0 Å². The Labute approximate surface area is 138 Å². The number of anilines is 1. The Morgan fingerprint density at radius 2 is 1.92 bits per heavy atom. The van der Waals surface area contributed by atoms with Crippen molar-refractivity contribution in [2.75, 3.05) is 11.9 Å². The number of rotatable bonds is 4. The molecule has 2 aliphatic carbocycles. The number of amides is 3. The highest BCUT2D eigenvalue weighted by Gasteiger charge is 2.58. The highest BCUT2D eigenvalue weighted by Crippen LogP contribution is 2.52. The minimum atomic E-state index is -0.400. The number of aromatic hydroxyl groups is 1. The van der Waals surface area contributed by atoms with Gasteiger partial charge in [-0.15, -0.1) is 0 Å². The molecular weight excluding hydrogens is 310 g/mol. The van der Waals surface area contributed by atoms with E-state index in [0.29, 0.717) is 0 Å². The lowest BCUT2D eigenvalue weighted by Gasteiger charge is -2.16. The zero-order valence-electron chi connectivity index (χ0n) is 12.9. The Morgan fingerprint density at radius 1 is 1.25 bits per heavy atom. The molecule has 0 aromatic carbocycles. The summed E-state index contributed by atoms with van der Waals surface area (Å²) in [5.41, 5.74) is 0. The number of hydrogen-bond donors (Lipinski definition) is 2. The molecule has 0 spiro atoms. The summed E-state index contributed by atoms with van der Waals surface area (Å²) in [6.07, 6.45) is 6.40. The van der Waals surface area contributed by atoms with Crippen molar-refractivity contribution in [2.24, 2.45) is 23.7 Å². The molecule has 4 unspecified atom stereocenters. The SMILES string of the molecule is O=C(CCN1C(=O)C2C3C=CC(C3)C2C1=O)Nc1ncccc1O. The Bertz CT molecular complexity index is 730. The molecule has 3 aliphatic rings. The van der Waals surface area contributed by atoms with Gasteiger partial charge < -0.3 is 10.4 Å². The van der Waals surface area contributed by atoms with Crippen LogP contribution in [0.5, 0.6) is 5.75 Å². The Balaban J connectivity index is 1.38. The molecule has 1 aromatic heterocycles. The number of carbonyl (C=O) groups excluding carboxylic acids is 3. The van der Waals surface area contributed by atoms with Gasteiger partial charge in [-0.05, 0) is 30.4 Å². The summed E-state index contributed by atoms with van der Waals surface area (Å²) in [6, 6.07) is 2.97. The van der Waals surface area contributed by atoms with E-state index in [1.54, 1.807) is 6.07 Å². The second-order valence-electron chi connectivity index (χ2n) is 6.50. The second-order valence-corrected chi connectivity index (χ2v) is 6.50. The van der Waals surface area contributed by atoms with Crippen LogP contribution in [-0.4, -0.2) is 39.3 Å². The van der Waals surface area contributed by atoms with Crippen LogP contribution in [0.25, 0.3) is 0 Å². The van der Waals surface area contributed by atoms with Crippen LogP contribution >= 0.6 is 0 Å². The van der Waals surface area contributed by atoms with Crippen molar-refractivity contribution in [1.82, 2.24) is 9.88 Å². The van der Waals surface area contributed by atoms with Crippen LogP contribution in [0.1, 0.15) is 12.8 Å². The van der Waals surface area contributed by atoms with Crippen LogP contribution in [-0.2, 0) is 14.4 Å². The summed E-state index contributed by atoms with van der Waals surface area (Å²) < 4.78 is 0. The number of likely N-dealkylation sites (tertiary alicyclic amines) is 1. The molecule has 7 nitrogen and oxygen atoms in total. The monoisotopic (exact) mass is 327 g/mol. The average molecular weight is 327 g/mol. The fourth-order valence-electron chi connectivity index (χ4n) is 4.09. The number of aromatic nitrogens is 1. The third-order valence-corrected chi connectivity index (χ3v) is 5.17. The summed E-state index contributed by atoms with van der Waals surface area (Å²) in [5, 5.41) is 12.1. The van der Waals surface area contributed by atoms with E-state index >= 15 is 0 Å². The number of fused-ring (bicyclic) bond motifs is 5. The van der Waals surface area contributed by atoms with Gasteiger partial charge in [0, 0.05) is 19.2 Å². The van der Waals surface area contributed by atoms with Gasteiger partial charge in [-0.25, -0.2) is 4.98 Å². The maximum Gasteiger partial charge on any atom is 0.233 e. The zero-order chi connectivity index (χ0) is 16.8. The van der Waals surface area contributed by atoms with Crippen molar-refractivity contribution in [3.8, 4) is 5.75 Å². The zero-order valence-corrected chi connectivity index (χ0v) is 12.9. The van der Waals surface area contributed by atoms with Gasteiger partial charge in [0.2, 0.25) is 17.7 Å². The molecule has 2 bridgehead atoms. The number of allylic oxidation sites excluding steroid dienone is 2. The summed E-state index contributed by atoms with van der Waals surface area (Å²) in [7, 11) is 0. The average Bonchev–Trinajstić information content (AvgIpc) is 3.23. The first-order valence-corrected chi connectivity index (χ1v) is 8.03. The lowest BCUT2D eigenvalue weighted by atomic mass is 9.85. The van der Waals surface area contributed by atoms with E-state index in [-0.39, 0.29) is 60.0 Å². The molecule has 2 heterocycles. The van der Waals surface area contributed by atoms with Gasteiger partial charge in [-0.1, -0.05) is 12.2 Å². The summed E-state index contributed by atoms with van der Waals surface area (Å²) in [6.45, 7) is 0.0591. The summed E-state index contributed by atoms with van der Waals surface area (Å²) in [4.78, 5) is 42.1. The molecule has 0 radical (unpaired) electrons. The van der Waals surface area contributed by atoms with Crippen molar-refractivity contribution in [3.63, 3.8) is 0 Å². The van der Waals surface area contributed by atoms with Gasteiger partial charge >= 0.3 is 0 Å². The van der Waals surface area contributed by atoms with Crippen molar-refractivity contribution >= 4 is 23.5 Å². The van der Waals surface area contributed by atoms with Crippen LogP contribution in [0.15, 0.2) is 30.5 Å². The minimum absolute atomic E-state index is 0.0182. The number of imide groups is 1. The molecule has 4 rings (SSSR count). The van der Waals surface area contributed by atoms with Gasteiger partial charge in [0.15, 0.2) is 11.6 Å². The van der Waals surface area contributed by atoms with Crippen molar-refractivity contribution in [2.45, 2.75) is 12.8 Å². The summed E-state index contributed by atoms with van der Waals surface area (Å²) >= 11 is 0. The predicted molar refractivity (Wildman–Crippen MR) is 83.6 cm³/mol. The van der Waals surface area contributed by atoms with Crippen molar-refractivity contribution < 1.29 is 19.5 Å². The van der Waals surface area contributed by atoms with E-state index in [2.05, 4.69) is 10.3 Å². The normalized spacial score (nSPS) is 30.1. The van der Waals surface area contributed by atoms with Crippen LogP contribution in [0.2, 0.25) is 0 Å². The number of carbonyl (C=O) groups is 3. The third-order valence-electron chi connectivity index (χ3n) is 5.17. The second kappa shape index (κ2) is 5.43. The first-order chi connectivity index (χ1) is 11.6. The third kappa shape index (κ3) is 2.19. The van der Waals surface area contributed by atoms with E-state index in [9.17, 15) is 19.5 Å². The standard InChI is InChI=1S/C17H17N3O4/c21-11-2-1-6-18-15(11)19-12(22)5-7-20-16(23)13-9-3-4-10(8-9)14(13)17(20)24/h1-4,6,9-10,13-14,21H,5,7-8H2,(H,18,19,22). The molecule has 24 heavy (non-hydrogen) atoms. The van der Waals surface area contributed by atoms with Gasteiger partial charge in [0.05, 0.1) is 11.8 Å². The van der Waals surface area contributed by atoms with Crippen LogP contribution < -0.4 is 5.32 Å². The molecule has 7 heteroatoms. The number of pyridine rings is 1. The Hall–Kier alpha value is -2.70. The molecule has 1 aromatic rings. The number of hydrogen-bond acceptors (Lipinski definition) is 5. The smallest absolute Gasteiger partial charge is 0.233 e. The maximum absolute atomic E-state index is 12.5. The fourth-order valence-corrected chi connectivity index (χ4v) is 4.09. The predicted octanol–water partition coefficient (Wildman–Crippen LogP) is 0.923. The highest BCUT2D eigenvalue weighted by molar-refractivity contribution is 6.06. The Kier molecular flexibility index (Phi) is 3.37. The fraction of sp³-hybridized carbons (Fsp3) is 0.412. The molecule has 1 saturated heterocycles. The van der Waals surface area contributed by atoms with Gasteiger partial charge in [-0.3, -0.25) is 19.3 Å². The first kappa shape index (κ1) is 14.9. The molecular formula is C17H17N3O4. The molecule has 3 amide bonds. The largest absolute Gasteiger partial charge is 0.504 e. The first-order valence-electron chi connectivity index (χ1n) is 8.03. The van der Waals surface area contributed by atoms with E-state index < -0.39 is 5.91 Å². The van der Waals surface area contributed by atoms with E-state index in [0.717, 1.165) is 6.42 Å². The van der Waals surface area contributed by atoms with E-state index in [1.165, 1.54) is 17.2 Å². The van der Waals surface area contributed by atoms with E-state index in [1.807, 2.05) is 12.2 Å². The molecule has 4 atom stereocenters. The lowest BCUT2D eigenvalue weighted by molar-refractivity contribution is -0.140. The van der Waals surface area contributed by atoms with Crippen molar-refractivity contribution in [1.29, 1.82) is 0 Å². The number of nitrogens with zero attached hydrogens (tertiary/aromatic N) is 2.